The summed E-state index contributed by atoms with van der Waals surface area (Å²) in [6, 6.07) is 11.7. The molecule has 4 rings (SSSR count). The maximum atomic E-state index is 13.3. The van der Waals surface area contributed by atoms with E-state index in [1.165, 1.54) is 7.11 Å². The summed E-state index contributed by atoms with van der Waals surface area (Å²) in [4.78, 5) is 39.5. The van der Waals surface area contributed by atoms with Gasteiger partial charge in [-0.25, -0.2) is 0 Å². The second kappa shape index (κ2) is 10.1. The summed E-state index contributed by atoms with van der Waals surface area (Å²) >= 11 is 0. The summed E-state index contributed by atoms with van der Waals surface area (Å²) in [6.45, 7) is 0.259. The highest BCUT2D eigenvalue weighted by molar-refractivity contribution is 6.05. The molecular weight excluding hydrogens is 438 g/mol. The lowest BCUT2D eigenvalue weighted by Crippen LogP contribution is -2.53. The number of amides is 3. The molecule has 34 heavy (non-hydrogen) atoms. The number of ether oxygens (including phenoxy) is 3. The maximum Gasteiger partial charge on any atom is 0.257 e. The van der Waals surface area contributed by atoms with Gasteiger partial charge in [0.15, 0.2) is 0 Å². The van der Waals surface area contributed by atoms with Crippen molar-refractivity contribution in [3.05, 3.63) is 53.6 Å². The Bertz CT molecular complexity index is 1090. The van der Waals surface area contributed by atoms with Gasteiger partial charge >= 0.3 is 0 Å². The largest absolute Gasteiger partial charge is 0.497 e. The molecule has 2 heterocycles. The molecule has 9 nitrogen and oxygen atoms in total. The molecule has 0 spiro atoms. The summed E-state index contributed by atoms with van der Waals surface area (Å²) in [5.41, 5.74) is 1.30. The van der Waals surface area contributed by atoms with Crippen LogP contribution in [-0.2, 0) is 9.53 Å². The minimum absolute atomic E-state index is 0.0755. The van der Waals surface area contributed by atoms with Crippen LogP contribution in [0.2, 0.25) is 0 Å². The number of nitrogens with one attached hydrogen (secondary N) is 2. The molecule has 2 aliphatic heterocycles. The van der Waals surface area contributed by atoms with Crippen LogP contribution in [0.1, 0.15) is 40.0 Å². The number of hydrogen-bond acceptors (Lipinski definition) is 6. The van der Waals surface area contributed by atoms with Crippen LogP contribution in [-0.4, -0.2) is 68.7 Å². The SMILES string of the molecule is CNC(=O)C[C@H]1CC[C@@H]2[C@H](COc3ccc(NC(=O)c4cccc(OC)c4)cc3C(=O)N2C)O1. The summed E-state index contributed by atoms with van der Waals surface area (Å²) in [6.07, 6.45) is 1.12. The Balaban J connectivity index is 1.51. The molecular formula is C25H29N3O6. The van der Waals surface area contributed by atoms with Gasteiger partial charge in [0.05, 0.1) is 31.2 Å². The molecule has 180 valence electrons. The third kappa shape index (κ3) is 4.99. The van der Waals surface area contributed by atoms with E-state index in [-0.39, 0.29) is 49.0 Å². The molecule has 2 aliphatic rings. The van der Waals surface area contributed by atoms with Crippen molar-refractivity contribution in [2.45, 2.75) is 37.5 Å². The van der Waals surface area contributed by atoms with E-state index in [1.54, 1.807) is 61.5 Å². The fraction of sp³-hybridized carbons (Fsp3) is 0.400. The number of fused-ring (bicyclic) bond motifs is 2. The van der Waals surface area contributed by atoms with Gasteiger partial charge in [0.1, 0.15) is 24.2 Å². The highest BCUT2D eigenvalue weighted by atomic mass is 16.5. The topological polar surface area (TPSA) is 106 Å². The second-order valence-electron chi connectivity index (χ2n) is 8.44. The van der Waals surface area contributed by atoms with Gasteiger partial charge in [-0.3, -0.25) is 14.4 Å². The molecule has 3 atom stereocenters. The van der Waals surface area contributed by atoms with E-state index < -0.39 is 0 Å². The van der Waals surface area contributed by atoms with Crippen molar-refractivity contribution in [3.8, 4) is 11.5 Å². The van der Waals surface area contributed by atoms with Gasteiger partial charge in [0.2, 0.25) is 5.91 Å². The van der Waals surface area contributed by atoms with Crippen molar-refractivity contribution < 1.29 is 28.6 Å². The minimum atomic E-state index is -0.335. The highest BCUT2D eigenvalue weighted by Crippen LogP contribution is 2.32. The van der Waals surface area contributed by atoms with Crippen LogP contribution < -0.4 is 20.1 Å². The van der Waals surface area contributed by atoms with Gasteiger partial charge < -0.3 is 29.7 Å². The summed E-state index contributed by atoms with van der Waals surface area (Å²) < 4.78 is 17.3. The first-order valence-electron chi connectivity index (χ1n) is 11.2. The smallest absolute Gasteiger partial charge is 0.257 e. The molecule has 9 heteroatoms. The zero-order valence-electron chi connectivity index (χ0n) is 19.5. The number of benzene rings is 2. The van der Waals surface area contributed by atoms with Crippen LogP contribution in [0.4, 0.5) is 5.69 Å². The molecule has 2 aromatic carbocycles. The molecule has 0 unspecified atom stereocenters. The van der Waals surface area contributed by atoms with Gasteiger partial charge in [-0.15, -0.1) is 0 Å². The minimum Gasteiger partial charge on any atom is -0.497 e. The van der Waals surface area contributed by atoms with E-state index in [1.807, 2.05) is 0 Å². The zero-order chi connectivity index (χ0) is 24.2. The van der Waals surface area contributed by atoms with Crippen LogP contribution in [0.25, 0.3) is 0 Å². The fourth-order valence-electron chi connectivity index (χ4n) is 4.38. The number of carbonyl (C=O) groups excluding carboxylic acids is 3. The lowest BCUT2D eigenvalue weighted by molar-refractivity contribution is -0.133. The third-order valence-corrected chi connectivity index (χ3v) is 6.29. The van der Waals surface area contributed by atoms with Gasteiger partial charge in [0.25, 0.3) is 11.8 Å². The molecule has 2 aromatic rings. The zero-order valence-corrected chi connectivity index (χ0v) is 19.5. The standard InChI is InChI=1S/C25H29N3O6/c1-26-23(29)13-18-8-9-20-22(34-18)14-33-21-10-7-16(12-19(21)25(31)28(20)2)27-24(30)15-5-4-6-17(11-15)32-3/h4-7,10-12,18,20,22H,8-9,13-14H2,1-3H3,(H,26,29)(H,27,30)/t18-,20-,22+/m1/s1. The van der Waals surface area contributed by atoms with Crippen molar-refractivity contribution in [2.75, 3.05) is 33.1 Å². The molecule has 0 bridgehead atoms. The van der Waals surface area contributed by atoms with Crippen molar-refractivity contribution in [1.29, 1.82) is 0 Å². The molecule has 3 amide bonds. The van der Waals surface area contributed by atoms with Crippen LogP contribution in [0.3, 0.4) is 0 Å². The first-order chi connectivity index (χ1) is 16.4. The molecule has 1 saturated heterocycles. The van der Waals surface area contributed by atoms with E-state index in [0.29, 0.717) is 41.2 Å². The number of anilines is 1. The molecule has 0 radical (unpaired) electrons. The number of likely N-dealkylation sites (N-methyl/N-ethyl adjacent to an activating group) is 1. The van der Waals surface area contributed by atoms with Crippen LogP contribution >= 0.6 is 0 Å². The quantitative estimate of drug-likeness (QED) is 0.700. The lowest BCUT2D eigenvalue weighted by atomic mass is 9.94. The maximum absolute atomic E-state index is 13.3. The Morgan fingerprint density at radius 2 is 2.00 bits per heavy atom. The molecule has 1 fully saturated rings. The first-order valence-corrected chi connectivity index (χ1v) is 11.2. The fourth-order valence-corrected chi connectivity index (χ4v) is 4.38. The average Bonchev–Trinajstić information content (AvgIpc) is 2.86. The van der Waals surface area contributed by atoms with E-state index in [0.717, 1.165) is 0 Å². The predicted octanol–water partition coefficient (Wildman–Crippen LogP) is 2.46. The Labute approximate surface area is 198 Å². The number of rotatable bonds is 5. The highest BCUT2D eigenvalue weighted by Gasteiger charge is 2.39. The predicted molar refractivity (Wildman–Crippen MR) is 125 cm³/mol. The lowest BCUT2D eigenvalue weighted by Gasteiger charge is -2.42. The number of nitrogens with zero attached hydrogens (tertiary/aromatic N) is 1. The van der Waals surface area contributed by atoms with Crippen molar-refractivity contribution in [3.63, 3.8) is 0 Å². The van der Waals surface area contributed by atoms with E-state index in [2.05, 4.69) is 10.6 Å². The van der Waals surface area contributed by atoms with Crippen molar-refractivity contribution >= 4 is 23.4 Å². The van der Waals surface area contributed by atoms with Gasteiger partial charge in [-0.05, 0) is 49.2 Å². The number of hydrogen-bond donors (Lipinski definition) is 2. The van der Waals surface area contributed by atoms with Crippen molar-refractivity contribution in [1.82, 2.24) is 10.2 Å². The Morgan fingerprint density at radius 1 is 1.18 bits per heavy atom. The summed E-state index contributed by atoms with van der Waals surface area (Å²) in [5.74, 6) is 0.405. The van der Waals surface area contributed by atoms with Crippen LogP contribution in [0.5, 0.6) is 11.5 Å². The monoisotopic (exact) mass is 467 g/mol. The Hall–Kier alpha value is -3.59. The molecule has 2 N–H and O–H groups in total. The third-order valence-electron chi connectivity index (χ3n) is 6.29. The Kier molecular flexibility index (Phi) is 7.02. The van der Waals surface area contributed by atoms with Crippen molar-refractivity contribution in [2.24, 2.45) is 0 Å². The molecule has 0 aliphatic carbocycles. The normalized spacial score (nSPS) is 21.8. The first kappa shape index (κ1) is 23.6. The average molecular weight is 468 g/mol. The second-order valence-corrected chi connectivity index (χ2v) is 8.44. The number of methoxy groups -OCH3 is 1. The van der Waals surface area contributed by atoms with Gasteiger partial charge in [-0.1, -0.05) is 6.07 Å². The van der Waals surface area contributed by atoms with E-state index >= 15 is 0 Å². The van der Waals surface area contributed by atoms with E-state index in [9.17, 15) is 14.4 Å². The number of carbonyl (C=O) groups is 3. The summed E-state index contributed by atoms with van der Waals surface area (Å²) in [5, 5.41) is 5.45. The summed E-state index contributed by atoms with van der Waals surface area (Å²) in [7, 11) is 4.89. The van der Waals surface area contributed by atoms with Crippen LogP contribution in [0.15, 0.2) is 42.5 Å². The van der Waals surface area contributed by atoms with Gasteiger partial charge in [-0.2, -0.15) is 0 Å². The van der Waals surface area contributed by atoms with Gasteiger partial charge in [0, 0.05) is 25.3 Å². The van der Waals surface area contributed by atoms with Crippen LogP contribution in [0, 0.1) is 0 Å². The molecule has 0 aromatic heterocycles. The molecule has 0 saturated carbocycles. The Morgan fingerprint density at radius 3 is 2.76 bits per heavy atom. The van der Waals surface area contributed by atoms with E-state index in [4.69, 9.17) is 14.2 Å².